The second-order valence-electron chi connectivity index (χ2n) is 4.75. The highest BCUT2D eigenvalue weighted by Gasteiger charge is 2.12. The van der Waals surface area contributed by atoms with Crippen molar-refractivity contribution in [3.05, 3.63) is 0 Å². The van der Waals surface area contributed by atoms with Crippen LogP contribution in [0.2, 0.25) is 39.3 Å². The minimum atomic E-state index is -1.09. The smallest absolute Gasteiger partial charge is 0.128 e. The van der Waals surface area contributed by atoms with Crippen molar-refractivity contribution in [3.8, 4) is 11.1 Å². The Morgan fingerprint density at radius 2 is 0.909 bits per heavy atom. The molecule has 0 fully saturated rings. The van der Waals surface area contributed by atoms with Gasteiger partial charge in [0.2, 0.25) is 0 Å². The van der Waals surface area contributed by atoms with E-state index in [-0.39, 0.29) is 18.8 Å². The zero-order valence-electron chi connectivity index (χ0n) is 8.58. The average Bonchev–Trinajstić information content (AvgIpc) is 1.57. The molecular formula is C8H20AlSi2. The quantitative estimate of drug-likeness (QED) is 0.415. The molecule has 0 rings (SSSR count). The van der Waals surface area contributed by atoms with Gasteiger partial charge < -0.3 is 0 Å². The Kier molecular flexibility index (Phi) is 5.79. The molecule has 0 heterocycles. The van der Waals surface area contributed by atoms with Crippen molar-refractivity contribution in [3.63, 3.8) is 0 Å². The topological polar surface area (TPSA) is 0 Å². The average molecular weight is 199 g/mol. The molecule has 63 valence electrons. The van der Waals surface area contributed by atoms with Gasteiger partial charge in [0.15, 0.2) is 0 Å². The molecule has 0 aromatic rings. The normalized spacial score (nSPS) is 11.1. The van der Waals surface area contributed by atoms with Gasteiger partial charge in [-0.25, -0.2) is 0 Å². The minimum absolute atomic E-state index is 0. The van der Waals surface area contributed by atoms with E-state index >= 15 is 0 Å². The van der Waals surface area contributed by atoms with Crippen LogP contribution in [0.25, 0.3) is 0 Å². The highest BCUT2D eigenvalue weighted by atomic mass is 28.3. The molecule has 0 aliphatic heterocycles. The predicted molar refractivity (Wildman–Crippen MR) is 62.3 cm³/mol. The Morgan fingerprint density at radius 1 is 0.727 bits per heavy atom. The predicted octanol–water partition coefficient (Wildman–Crippen LogP) is 2.61. The lowest BCUT2D eigenvalue weighted by molar-refractivity contribution is 1.79. The van der Waals surface area contributed by atoms with E-state index < -0.39 is 16.1 Å². The Hall–Kier alpha value is 0.526. The summed E-state index contributed by atoms with van der Waals surface area (Å²) in [6.45, 7) is 13.8. The lowest BCUT2D eigenvalue weighted by Gasteiger charge is -2.08. The van der Waals surface area contributed by atoms with Crippen molar-refractivity contribution >= 4 is 33.5 Å². The lowest BCUT2D eigenvalue weighted by atomic mass is 11.4. The molecule has 11 heavy (non-hydrogen) atoms. The molecule has 0 aromatic carbocycles. The van der Waals surface area contributed by atoms with Crippen molar-refractivity contribution in [2.24, 2.45) is 0 Å². The second kappa shape index (κ2) is 4.53. The molecule has 3 heteroatoms. The van der Waals surface area contributed by atoms with Crippen LogP contribution in [-0.2, 0) is 0 Å². The van der Waals surface area contributed by atoms with Gasteiger partial charge in [-0.15, -0.1) is 11.1 Å². The maximum atomic E-state index is 3.41. The van der Waals surface area contributed by atoms with Gasteiger partial charge in [0, 0.05) is 18.8 Å². The fourth-order valence-corrected chi connectivity index (χ4v) is 3.38. The van der Waals surface area contributed by atoms with Crippen molar-refractivity contribution in [1.82, 2.24) is 0 Å². The standard InChI is InChI=1S/C8H18Si2.Al.H2/c1-9(2,3)7-8-10(4,5)6;;/h1-6H3;;1H. The van der Waals surface area contributed by atoms with Crippen LogP contribution >= 0.6 is 0 Å². The van der Waals surface area contributed by atoms with Crippen LogP contribution in [0, 0.1) is 11.1 Å². The minimum Gasteiger partial charge on any atom is -0.139 e. The summed E-state index contributed by atoms with van der Waals surface area (Å²) in [5.74, 6) is 0. The Labute approximate surface area is 85.4 Å². The third kappa shape index (κ3) is 13.5. The molecule has 3 radical (unpaired) electrons. The molecule has 0 unspecified atom stereocenters. The van der Waals surface area contributed by atoms with E-state index in [9.17, 15) is 0 Å². The van der Waals surface area contributed by atoms with Gasteiger partial charge in [0.05, 0.1) is 0 Å². The van der Waals surface area contributed by atoms with Gasteiger partial charge in [-0.05, 0) is 0 Å². The summed E-state index contributed by atoms with van der Waals surface area (Å²) in [7, 11) is -2.19. The monoisotopic (exact) mass is 199 g/mol. The zero-order chi connectivity index (χ0) is 8.41. The molecule has 0 nitrogen and oxygen atoms in total. The summed E-state index contributed by atoms with van der Waals surface area (Å²) in [4.78, 5) is 0. The van der Waals surface area contributed by atoms with Gasteiger partial charge in [-0.1, -0.05) is 39.3 Å². The van der Waals surface area contributed by atoms with E-state index in [1.807, 2.05) is 0 Å². The Bertz CT molecular complexity index is 150. The Morgan fingerprint density at radius 3 is 1.00 bits per heavy atom. The van der Waals surface area contributed by atoms with Crippen LogP contribution in [0.4, 0.5) is 0 Å². The SMILES string of the molecule is C[Si](C)(C)C#C[Si](C)(C)C.[Al].[HH]. The molecule has 0 aliphatic carbocycles. The first-order valence-electron chi connectivity index (χ1n) is 3.75. The van der Waals surface area contributed by atoms with E-state index in [4.69, 9.17) is 0 Å². The fourth-order valence-electron chi connectivity index (χ4n) is 0.375. The Balaban J connectivity index is -0.000000405. The molecule has 0 aliphatic rings. The molecule has 0 N–H and O–H groups in total. The van der Waals surface area contributed by atoms with Crippen LogP contribution < -0.4 is 0 Å². The van der Waals surface area contributed by atoms with Gasteiger partial charge in [0.25, 0.3) is 0 Å². The molecule has 0 saturated carbocycles. The molecule has 0 amide bonds. The van der Waals surface area contributed by atoms with Crippen molar-refractivity contribution in [2.45, 2.75) is 39.3 Å². The van der Waals surface area contributed by atoms with Gasteiger partial charge in [0.1, 0.15) is 16.1 Å². The maximum Gasteiger partial charge on any atom is 0.128 e. The van der Waals surface area contributed by atoms with E-state index in [0.29, 0.717) is 0 Å². The molecule has 0 bridgehead atoms. The van der Waals surface area contributed by atoms with Crippen molar-refractivity contribution in [2.75, 3.05) is 0 Å². The molecule has 0 atom stereocenters. The number of hydrogen-bond donors (Lipinski definition) is 0. The number of hydrogen-bond acceptors (Lipinski definition) is 0. The first-order chi connectivity index (χ1) is 4.21. The third-order valence-electron chi connectivity index (χ3n) is 0.812. The fraction of sp³-hybridized carbons (Fsp3) is 0.750. The van der Waals surface area contributed by atoms with Crippen LogP contribution in [0.15, 0.2) is 0 Å². The summed E-state index contributed by atoms with van der Waals surface area (Å²) >= 11 is 0. The van der Waals surface area contributed by atoms with Gasteiger partial charge >= 0.3 is 0 Å². The van der Waals surface area contributed by atoms with E-state index in [2.05, 4.69) is 50.4 Å². The van der Waals surface area contributed by atoms with Crippen molar-refractivity contribution in [1.29, 1.82) is 0 Å². The summed E-state index contributed by atoms with van der Waals surface area (Å²) in [6, 6.07) is 0. The highest BCUT2D eigenvalue weighted by molar-refractivity contribution is 6.89. The van der Waals surface area contributed by atoms with E-state index in [1.165, 1.54) is 0 Å². The zero-order valence-corrected chi connectivity index (χ0v) is 11.7. The second-order valence-corrected chi connectivity index (χ2v) is 14.2. The molecule has 0 aromatic heterocycles. The summed E-state index contributed by atoms with van der Waals surface area (Å²) in [5, 5.41) is 0. The van der Waals surface area contributed by atoms with Gasteiger partial charge in [-0.3, -0.25) is 0 Å². The summed E-state index contributed by atoms with van der Waals surface area (Å²) < 4.78 is 0. The van der Waals surface area contributed by atoms with E-state index in [0.717, 1.165) is 0 Å². The summed E-state index contributed by atoms with van der Waals surface area (Å²) in [5.41, 5.74) is 6.82. The lowest BCUT2D eigenvalue weighted by Crippen LogP contribution is -2.22. The van der Waals surface area contributed by atoms with Crippen molar-refractivity contribution < 1.29 is 1.43 Å². The summed E-state index contributed by atoms with van der Waals surface area (Å²) in [6.07, 6.45) is 0. The van der Waals surface area contributed by atoms with Crippen LogP contribution in [0.1, 0.15) is 1.43 Å². The first kappa shape index (κ1) is 14.1. The highest BCUT2D eigenvalue weighted by Crippen LogP contribution is 2.01. The molecular weight excluding hydrogens is 179 g/mol. The van der Waals surface area contributed by atoms with Crippen LogP contribution in [0.5, 0.6) is 0 Å². The van der Waals surface area contributed by atoms with Gasteiger partial charge in [-0.2, -0.15) is 0 Å². The van der Waals surface area contributed by atoms with Crippen LogP contribution in [-0.4, -0.2) is 33.5 Å². The largest absolute Gasteiger partial charge is 0.139 e. The van der Waals surface area contributed by atoms with E-state index in [1.54, 1.807) is 0 Å². The van der Waals surface area contributed by atoms with Crippen LogP contribution in [0.3, 0.4) is 0 Å². The number of rotatable bonds is 0. The molecule has 0 saturated heterocycles. The maximum absolute atomic E-state index is 3.41. The third-order valence-corrected chi connectivity index (χ3v) is 2.81. The first-order valence-corrected chi connectivity index (χ1v) is 10.8. The molecule has 0 spiro atoms.